The Morgan fingerprint density at radius 2 is 2.00 bits per heavy atom. The summed E-state index contributed by atoms with van der Waals surface area (Å²) in [5.41, 5.74) is 0.188. The van der Waals surface area contributed by atoms with E-state index in [9.17, 15) is 9.59 Å². The zero-order valence-corrected chi connectivity index (χ0v) is 15.1. The zero-order chi connectivity index (χ0) is 17.2. The number of amides is 1. The molecule has 4 nitrogen and oxygen atoms in total. The third kappa shape index (κ3) is 5.11. The Labute approximate surface area is 146 Å². The number of benzene rings is 1. The van der Waals surface area contributed by atoms with Gasteiger partial charge in [0, 0.05) is 35.5 Å². The van der Waals surface area contributed by atoms with Crippen LogP contribution in [0, 0.1) is 5.92 Å². The normalized spacial score (nSPS) is 18.1. The molecule has 0 radical (unpaired) electrons. The van der Waals surface area contributed by atoms with Gasteiger partial charge in [-0.25, -0.2) is 4.79 Å². The first-order valence-electron chi connectivity index (χ1n) is 7.60. The Bertz CT molecular complexity index is 610. The molecule has 2 rings (SSSR count). The van der Waals surface area contributed by atoms with Crippen LogP contribution < -0.4 is 0 Å². The quantitative estimate of drug-likeness (QED) is 0.807. The summed E-state index contributed by atoms with van der Waals surface area (Å²) in [6, 6.07) is 5.09. The molecule has 1 aromatic rings. The Balaban J connectivity index is 1.95. The van der Waals surface area contributed by atoms with Crippen molar-refractivity contribution in [2.45, 2.75) is 39.2 Å². The van der Waals surface area contributed by atoms with Crippen LogP contribution in [0.25, 0.3) is 0 Å². The van der Waals surface area contributed by atoms with E-state index in [1.54, 1.807) is 23.1 Å². The lowest BCUT2D eigenvalue weighted by molar-refractivity contribution is -0.121. The van der Waals surface area contributed by atoms with E-state index in [-0.39, 0.29) is 24.2 Å². The number of likely N-dealkylation sites (tertiary alicyclic amines) is 1. The van der Waals surface area contributed by atoms with E-state index < -0.39 is 5.60 Å². The standard InChI is InChI=1S/C17H21Cl2NO3/c1-17(2,3)23-16(22)20-7-6-11(10-20)15(21)9-12-8-13(18)4-5-14(12)19/h4-5,8,11H,6-7,9-10H2,1-3H3. The van der Waals surface area contributed by atoms with Crippen LogP contribution in [0.4, 0.5) is 4.79 Å². The van der Waals surface area contributed by atoms with Crippen molar-refractivity contribution in [1.29, 1.82) is 0 Å². The minimum atomic E-state index is -0.534. The van der Waals surface area contributed by atoms with Gasteiger partial charge in [0.25, 0.3) is 0 Å². The summed E-state index contributed by atoms with van der Waals surface area (Å²) in [5.74, 6) is -0.113. The Kier molecular flexibility index (Phi) is 5.58. The Hall–Kier alpha value is -1.26. The number of hydrogen-bond acceptors (Lipinski definition) is 3. The lowest BCUT2D eigenvalue weighted by Gasteiger charge is -2.24. The van der Waals surface area contributed by atoms with Gasteiger partial charge in [-0.3, -0.25) is 4.79 Å². The topological polar surface area (TPSA) is 46.6 Å². The van der Waals surface area contributed by atoms with Gasteiger partial charge in [0.05, 0.1) is 0 Å². The van der Waals surface area contributed by atoms with Gasteiger partial charge in [0.2, 0.25) is 0 Å². The molecule has 0 bridgehead atoms. The Morgan fingerprint density at radius 3 is 2.65 bits per heavy atom. The molecule has 6 heteroatoms. The first-order valence-corrected chi connectivity index (χ1v) is 8.36. The van der Waals surface area contributed by atoms with Crippen molar-refractivity contribution in [3.05, 3.63) is 33.8 Å². The molecule has 1 aromatic carbocycles. The number of rotatable bonds is 3. The number of halogens is 2. The largest absolute Gasteiger partial charge is 0.444 e. The number of carbonyl (C=O) groups excluding carboxylic acids is 2. The van der Waals surface area contributed by atoms with Gasteiger partial charge < -0.3 is 9.64 Å². The predicted molar refractivity (Wildman–Crippen MR) is 91.1 cm³/mol. The van der Waals surface area contributed by atoms with Gasteiger partial charge in [0.15, 0.2) is 0 Å². The van der Waals surface area contributed by atoms with Gasteiger partial charge in [0.1, 0.15) is 11.4 Å². The number of nitrogens with zero attached hydrogens (tertiary/aromatic N) is 1. The van der Waals surface area contributed by atoms with Gasteiger partial charge in [-0.05, 0) is 51.0 Å². The van der Waals surface area contributed by atoms with Crippen LogP contribution in [0.3, 0.4) is 0 Å². The molecule has 0 spiro atoms. The van der Waals surface area contributed by atoms with Crippen LogP contribution in [-0.2, 0) is 16.0 Å². The minimum Gasteiger partial charge on any atom is -0.444 e. The molecule has 1 saturated heterocycles. The zero-order valence-electron chi connectivity index (χ0n) is 13.6. The van der Waals surface area contributed by atoms with E-state index in [0.29, 0.717) is 29.6 Å². The number of carbonyl (C=O) groups is 2. The fourth-order valence-electron chi connectivity index (χ4n) is 2.53. The molecule has 0 aromatic heterocycles. The third-order valence-corrected chi connectivity index (χ3v) is 4.27. The second kappa shape index (κ2) is 7.10. The average molecular weight is 358 g/mol. The van der Waals surface area contributed by atoms with Crippen LogP contribution >= 0.6 is 23.2 Å². The van der Waals surface area contributed by atoms with Crippen LogP contribution in [0.1, 0.15) is 32.8 Å². The van der Waals surface area contributed by atoms with Crippen molar-refractivity contribution in [3.63, 3.8) is 0 Å². The first-order chi connectivity index (χ1) is 10.7. The highest BCUT2D eigenvalue weighted by atomic mass is 35.5. The number of ketones is 1. The van der Waals surface area contributed by atoms with Gasteiger partial charge in [-0.2, -0.15) is 0 Å². The Morgan fingerprint density at radius 1 is 1.30 bits per heavy atom. The van der Waals surface area contributed by atoms with Crippen molar-refractivity contribution in [1.82, 2.24) is 4.90 Å². The van der Waals surface area contributed by atoms with Crippen molar-refractivity contribution in [3.8, 4) is 0 Å². The van der Waals surface area contributed by atoms with E-state index in [0.717, 1.165) is 5.56 Å². The minimum absolute atomic E-state index is 0.0697. The second-order valence-corrected chi connectivity index (χ2v) is 7.63. The maximum Gasteiger partial charge on any atom is 0.410 e. The van der Waals surface area contributed by atoms with Crippen molar-refractivity contribution in [2.24, 2.45) is 5.92 Å². The summed E-state index contributed by atoms with van der Waals surface area (Å²) in [7, 11) is 0. The molecule has 1 aliphatic heterocycles. The third-order valence-electron chi connectivity index (χ3n) is 3.67. The van der Waals surface area contributed by atoms with Gasteiger partial charge in [-0.1, -0.05) is 23.2 Å². The lowest BCUT2D eigenvalue weighted by atomic mass is 9.97. The molecule has 23 heavy (non-hydrogen) atoms. The highest BCUT2D eigenvalue weighted by Crippen LogP contribution is 2.25. The monoisotopic (exact) mass is 357 g/mol. The predicted octanol–water partition coefficient (Wildman–Crippen LogP) is 4.36. The van der Waals surface area contributed by atoms with Crippen molar-refractivity contribution < 1.29 is 14.3 Å². The van der Waals surface area contributed by atoms with Crippen molar-refractivity contribution >= 4 is 35.1 Å². The lowest BCUT2D eigenvalue weighted by Crippen LogP contribution is -2.36. The molecule has 1 amide bonds. The molecular weight excluding hydrogens is 337 g/mol. The summed E-state index contributed by atoms with van der Waals surface area (Å²) < 4.78 is 5.34. The molecule has 1 unspecified atom stereocenters. The summed E-state index contributed by atoms with van der Waals surface area (Å²) in [6.07, 6.45) is 0.510. The molecule has 1 aliphatic rings. The van der Waals surface area contributed by atoms with Crippen LogP contribution in [0.5, 0.6) is 0 Å². The van der Waals surface area contributed by atoms with Gasteiger partial charge >= 0.3 is 6.09 Å². The molecule has 1 heterocycles. The maximum atomic E-state index is 12.5. The van der Waals surface area contributed by atoms with Crippen LogP contribution in [0.15, 0.2) is 18.2 Å². The van der Waals surface area contributed by atoms with E-state index >= 15 is 0 Å². The fraction of sp³-hybridized carbons (Fsp3) is 0.529. The van der Waals surface area contributed by atoms with Crippen molar-refractivity contribution in [2.75, 3.05) is 13.1 Å². The number of hydrogen-bond donors (Lipinski definition) is 0. The van der Waals surface area contributed by atoms with E-state index in [4.69, 9.17) is 27.9 Å². The molecule has 0 aliphatic carbocycles. The van der Waals surface area contributed by atoms with E-state index in [1.165, 1.54) is 0 Å². The van der Waals surface area contributed by atoms with Crippen LogP contribution in [0.2, 0.25) is 10.0 Å². The highest BCUT2D eigenvalue weighted by molar-refractivity contribution is 6.33. The molecule has 1 atom stereocenters. The summed E-state index contributed by atoms with van der Waals surface area (Å²) >= 11 is 12.1. The summed E-state index contributed by atoms with van der Waals surface area (Å²) in [4.78, 5) is 26.1. The summed E-state index contributed by atoms with van der Waals surface area (Å²) in [5, 5.41) is 1.09. The number of Topliss-reactive ketones (excluding diaryl/α,β-unsaturated/α-hetero) is 1. The molecule has 0 saturated carbocycles. The van der Waals surface area contributed by atoms with Gasteiger partial charge in [-0.15, -0.1) is 0 Å². The van der Waals surface area contributed by atoms with E-state index in [1.807, 2.05) is 20.8 Å². The van der Waals surface area contributed by atoms with Crippen LogP contribution in [-0.4, -0.2) is 35.5 Å². The molecular formula is C17H21Cl2NO3. The maximum absolute atomic E-state index is 12.5. The van der Waals surface area contributed by atoms with E-state index in [2.05, 4.69) is 0 Å². The second-order valence-electron chi connectivity index (χ2n) is 6.79. The average Bonchev–Trinajstić information content (AvgIpc) is 2.91. The SMILES string of the molecule is CC(C)(C)OC(=O)N1CCC(C(=O)Cc2cc(Cl)ccc2Cl)C1. The highest BCUT2D eigenvalue weighted by Gasteiger charge is 2.33. The summed E-state index contributed by atoms with van der Waals surface area (Å²) in [6.45, 7) is 6.40. The fourth-order valence-corrected chi connectivity index (χ4v) is 2.91. The molecule has 126 valence electrons. The number of ether oxygens (including phenoxy) is 1. The molecule has 0 N–H and O–H groups in total. The first kappa shape index (κ1) is 18.1. The smallest absolute Gasteiger partial charge is 0.410 e. The molecule has 1 fully saturated rings.